The summed E-state index contributed by atoms with van der Waals surface area (Å²) in [7, 11) is 0. The van der Waals surface area contributed by atoms with E-state index in [2.05, 4.69) is 80.9 Å². The van der Waals surface area contributed by atoms with Crippen molar-refractivity contribution in [2.45, 2.75) is 19.9 Å². The molecule has 2 aromatic rings. The highest BCUT2D eigenvalue weighted by molar-refractivity contribution is 14.1. The summed E-state index contributed by atoms with van der Waals surface area (Å²) in [5.41, 5.74) is 1.09. The molecule has 0 fully saturated rings. The molecule has 0 aliphatic rings. The monoisotopic (exact) mass is 405 g/mol. The zero-order valence-electron chi connectivity index (χ0n) is 9.61. The van der Waals surface area contributed by atoms with Crippen molar-refractivity contribution >= 4 is 44.5 Å². The fourth-order valence-corrected chi connectivity index (χ4v) is 2.45. The van der Waals surface area contributed by atoms with Crippen LogP contribution in [-0.2, 0) is 0 Å². The van der Waals surface area contributed by atoms with Crippen LogP contribution < -0.4 is 5.32 Å². The lowest BCUT2D eigenvalue weighted by molar-refractivity contribution is 0.863. The minimum Gasteiger partial charge on any atom is -0.353 e. The molecule has 5 heteroatoms. The molecular weight excluding hydrogens is 393 g/mol. The van der Waals surface area contributed by atoms with Crippen LogP contribution >= 0.6 is 38.5 Å². The van der Waals surface area contributed by atoms with Crippen LogP contribution in [0.15, 0.2) is 35.1 Å². The fourth-order valence-electron chi connectivity index (χ4n) is 1.53. The van der Waals surface area contributed by atoms with E-state index >= 15 is 0 Å². The number of imidazole rings is 1. The summed E-state index contributed by atoms with van der Waals surface area (Å²) in [4.78, 5) is 4.33. The first kappa shape index (κ1) is 12.9. The molecule has 0 amide bonds. The number of anilines is 1. The summed E-state index contributed by atoms with van der Waals surface area (Å²) in [5, 5.41) is 3.33. The van der Waals surface area contributed by atoms with Gasteiger partial charge in [-0.15, -0.1) is 0 Å². The topological polar surface area (TPSA) is 29.9 Å². The molecule has 0 saturated heterocycles. The van der Waals surface area contributed by atoms with Gasteiger partial charge in [0.1, 0.15) is 0 Å². The second kappa shape index (κ2) is 5.39. The van der Waals surface area contributed by atoms with Crippen LogP contribution in [0.2, 0.25) is 0 Å². The van der Waals surface area contributed by atoms with Gasteiger partial charge in [0.2, 0.25) is 5.95 Å². The summed E-state index contributed by atoms with van der Waals surface area (Å²) in [6.07, 6.45) is 3.76. The number of aromatic nitrogens is 2. The van der Waals surface area contributed by atoms with Gasteiger partial charge in [-0.3, -0.25) is 4.57 Å². The first-order chi connectivity index (χ1) is 8.08. The summed E-state index contributed by atoms with van der Waals surface area (Å²) >= 11 is 5.88. The average molecular weight is 406 g/mol. The normalized spacial score (nSPS) is 10.9. The lowest BCUT2D eigenvalue weighted by Gasteiger charge is -2.13. The summed E-state index contributed by atoms with van der Waals surface area (Å²) in [5.74, 6) is 0.864. The standard InChI is InChI=1S/C12H13BrIN3/c1-8(2)16-12-15-5-6-17(12)11-7-9(14)3-4-10(11)13/h3-8H,1-2H3,(H,15,16). The van der Waals surface area contributed by atoms with Gasteiger partial charge in [-0.1, -0.05) is 0 Å². The molecule has 2 rings (SSSR count). The molecule has 0 atom stereocenters. The van der Waals surface area contributed by atoms with Gasteiger partial charge >= 0.3 is 0 Å². The number of hydrogen-bond donors (Lipinski definition) is 1. The Morgan fingerprint density at radius 2 is 2.18 bits per heavy atom. The lowest BCUT2D eigenvalue weighted by Crippen LogP contribution is -2.14. The van der Waals surface area contributed by atoms with Gasteiger partial charge in [-0.05, 0) is 70.6 Å². The van der Waals surface area contributed by atoms with Crippen molar-refractivity contribution in [2.75, 3.05) is 5.32 Å². The van der Waals surface area contributed by atoms with Crippen LogP contribution in [0.3, 0.4) is 0 Å². The van der Waals surface area contributed by atoms with Crippen molar-refractivity contribution in [1.29, 1.82) is 0 Å². The van der Waals surface area contributed by atoms with E-state index in [0.717, 1.165) is 16.1 Å². The summed E-state index contributed by atoms with van der Waals surface area (Å²) in [6, 6.07) is 6.60. The highest BCUT2D eigenvalue weighted by atomic mass is 127. The molecule has 17 heavy (non-hydrogen) atoms. The predicted molar refractivity (Wildman–Crippen MR) is 82.7 cm³/mol. The second-order valence-corrected chi connectivity index (χ2v) is 6.12. The van der Waals surface area contributed by atoms with Gasteiger partial charge in [0, 0.05) is 26.5 Å². The molecule has 0 radical (unpaired) electrons. The Hall–Kier alpha value is -0.560. The Morgan fingerprint density at radius 1 is 1.41 bits per heavy atom. The van der Waals surface area contributed by atoms with Crippen LogP contribution in [0, 0.1) is 3.57 Å². The van der Waals surface area contributed by atoms with Crippen molar-refractivity contribution in [1.82, 2.24) is 9.55 Å². The van der Waals surface area contributed by atoms with E-state index < -0.39 is 0 Å². The van der Waals surface area contributed by atoms with Crippen LogP contribution in [0.25, 0.3) is 5.69 Å². The second-order valence-electron chi connectivity index (χ2n) is 4.02. The van der Waals surface area contributed by atoms with E-state index in [0.29, 0.717) is 6.04 Å². The van der Waals surface area contributed by atoms with Gasteiger partial charge in [-0.25, -0.2) is 4.98 Å². The van der Waals surface area contributed by atoms with Crippen molar-refractivity contribution in [3.63, 3.8) is 0 Å². The Bertz CT molecular complexity index is 522. The largest absolute Gasteiger partial charge is 0.353 e. The number of nitrogens with zero attached hydrogens (tertiary/aromatic N) is 2. The fraction of sp³-hybridized carbons (Fsp3) is 0.250. The van der Waals surface area contributed by atoms with Crippen molar-refractivity contribution in [3.05, 3.63) is 38.6 Å². The van der Waals surface area contributed by atoms with Gasteiger partial charge in [0.05, 0.1) is 5.69 Å². The maximum Gasteiger partial charge on any atom is 0.207 e. The molecule has 0 saturated carbocycles. The molecular formula is C12H13BrIN3. The summed E-state index contributed by atoms with van der Waals surface area (Å²) in [6.45, 7) is 4.20. The van der Waals surface area contributed by atoms with Gasteiger partial charge in [-0.2, -0.15) is 0 Å². The molecule has 1 aromatic heterocycles. The Kier molecular flexibility index (Phi) is 4.09. The molecule has 0 aliphatic carbocycles. The van der Waals surface area contributed by atoms with Gasteiger partial charge < -0.3 is 5.32 Å². The highest BCUT2D eigenvalue weighted by Gasteiger charge is 2.09. The smallest absolute Gasteiger partial charge is 0.207 e. The summed E-state index contributed by atoms with van der Waals surface area (Å²) < 4.78 is 4.31. The maximum absolute atomic E-state index is 4.33. The Balaban J connectivity index is 2.45. The minimum absolute atomic E-state index is 0.359. The molecule has 0 spiro atoms. The van der Waals surface area contributed by atoms with Crippen LogP contribution in [0.4, 0.5) is 5.95 Å². The molecule has 90 valence electrons. The van der Waals surface area contributed by atoms with Gasteiger partial charge in [0.15, 0.2) is 0 Å². The minimum atomic E-state index is 0.359. The van der Waals surface area contributed by atoms with Crippen LogP contribution in [0.1, 0.15) is 13.8 Å². The van der Waals surface area contributed by atoms with Crippen LogP contribution in [0.5, 0.6) is 0 Å². The van der Waals surface area contributed by atoms with E-state index in [9.17, 15) is 0 Å². The third kappa shape index (κ3) is 3.01. The number of benzene rings is 1. The number of halogens is 2. The quantitative estimate of drug-likeness (QED) is 0.780. The van der Waals surface area contributed by atoms with Crippen molar-refractivity contribution < 1.29 is 0 Å². The van der Waals surface area contributed by atoms with E-state index in [1.165, 1.54) is 3.57 Å². The zero-order chi connectivity index (χ0) is 12.4. The van der Waals surface area contributed by atoms with E-state index in [-0.39, 0.29) is 0 Å². The Labute approximate surface area is 123 Å². The zero-order valence-corrected chi connectivity index (χ0v) is 13.4. The van der Waals surface area contributed by atoms with Crippen LogP contribution in [-0.4, -0.2) is 15.6 Å². The molecule has 0 aliphatic heterocycles. The lowest BCUT2D eigenvalue weighted by atomic mass is 10.3. The third-order valence-corrected chi connectivity index (χ3v) is 3.57. The third-order valence-electron chi connectivity index (χ3n) is 2.23. The van der Waals surface area contributed by atoms with E-state index in [4.69, 9.17) is 0 Å². The molecule has 0 bridgehead atoms. The number of nitrogens with one attached hydrogen (secondary N) is 1. The number of hydrogen-bond acceptors (Lipinski definition) is 2. The molecule has 1 N–H and O–H groups in total. The van der Waals surface area contributed by atoms with E-state index in [1.807, 2.05) is 10.8 Å². The first-order valence-electron chi connectivity index (χ1n) is 5.33. The first-order valence-corrected chi connectivity index (χ1v) is 7.20. The highest BCUT2D eigenvalue weighted by Crippen LogP contribution is 2.25. The molecule has 0 unspecified atom stereocenters. The molecule has 1 aromatic carbocycles. The van der Waals surface area contributed by atoms with Gasteiger partial charge in [0.25, 0.3) is 0 Å². The van der Waals surface area contributed by atoms with Crippen molar-refractivity contribution in [2.24, 2.45) is 0 Å². The van der Waals surface area contributed by atoms with Crippen molar-refractivity contribution in [3.8, 4) is 5.69 Å². The predicted octanol–water partition coefficient (Wildman–Crippen LogP) is 4.06. The Morgan fingerprint density at radius 3 is 2.88 bits per heavy atom. The molecule has 1 heterocycles. The van der Waals surface area contributed by atoms with E-state index in [1.54, 1.807) is 6.20 Å². The maximum atomic E-state index is 4.33. The molecule has 3 nitrogen and oxygen atoms in total. The SMILES string of the molecule is CC(C)Nc1nccn1-c1cc(I)ccc1Br. The number of rotatable bonds is 3. The average Bonchev–Trinajstić information content (AvgIpc) is 2.69.